The van der Waals surface area contributed by atoms with Crippen molar-refractivity contribution in [1.29, 1.82) is 0 Å². The van der Waals surface area contributed by atoms with E-state index in [0.29, 0.717) is 24.3 Å². The van der Waals surface area contributed by atoms with Gasteiger partial charge in [0.1, 0.15) is 5.82 Å². The monoisotopic (exact) mass is 321 g/mol. The highest BCUT2D eigenvalue weighted by molar-refractivity contribution is 5.94. The summed E-state index contributed by atoms with van der Waals surface area (Å²) in [6, 6.07) is 4.81. The molecule has 0 radical (unpaired) electrons. The molecule has 1 saturated heterocycles. The number of anilines is 2. The van der Waals surface area contributed by atoms with E-state index in [4.69, 9.17) is 0 Å². The SMILES string of the molecule is CC(C)N(C)c1ccc(NC(=O)CN2CCCCC2=O)cc1F. The Labute approximate surface area is 136 Å². The molecule has 1 aliphatic rings. The van der Waals surface area contributed by atoms with Crippen molar-refractivity contribution in [3.8, 4) is 0 Å². The van der Waals surface area contributed by atoms with Crippen LogP contribution in [0.15, 0.2) is 18.2 Å². The van der Waals surface area contributed by atoms with Crippen LogP contribution in [0.3, 0.4) is 0 Å². The number of benzene rings is 1. The van der Waals surface area contributed by atoms with Crippen molar-refractivity contribution in [2.75, 3.05) is 30.4 Å². The van der Waals surface area contributed by atoms with E-state index in [9.17, 15) is 14.0 Å². The number of amides is 2. The number of rotatable bonds is 5. The van der Waals surface area contributed by atoms with E-state index in [2.05, 4.69) is 5.32 Å². The Hall–Kier alpha value is -2.11. The average molecular weight is 321 g/mol. The molecule has 0 saturated carbocycles. The highest BCUT2D eigenvalue weighted by Crippen LogP contribution is 2.23. The second-order valence-corrected chi connectivity index (χ2v) is 6.19. The second-order valence-electron chi connectivity index (χ2n) is 6.19. The van der Waals surface area contributed by atoms with Gasteiger partial charge in [0.05, 0.1) is 12.2 Å². The van der Waals surface area contributed by atoms with Crippen LogP contribution in [-0.2, 0) is 9.59 Å². The molecule has 1 N–H and O–H groups in total. The Morgan fingerprint density at radius 1 is 1.39 bits per heavy atom. The molecule has 1 aliphatic heterocycles. The zero-order valence-electron chi connectivity index (χ0n) is 13.9. The zero-order chi connectivity index (χ0) is 17.0. The van der Waals surface area contributed by atoms with Gasteiger partial charge in [-0.15, -0.1) is 0 Å². The molecule has 5 nitrogen and oxygen atoms in total. The second kappa shape index (κ2) is 7.44. The molecule has 0 bridgehead atoms. The van der Waals surface area contributed by atoms with E-state index in [1.807, 2.05) is 25.8 Å². The predicted molar refractivity (Wildman–Crippen MR) is 89.0 cm³/mol. The van der Waals surface area contributed by atoms with Gasteiger partial charge in [0.2, 0.25) is 11.8 Å². The molecule has 1 aromatic rings. The number of hydrogen-bond donors (Lipinski definition) is 1. The number of halogens is 1. The minimum Gasteiger partial charge on any atom is -0.370 e. The van der Waals surface area contributed by atoms with Crippen LogP contribution in [0.2, 0.25) is 0 Å². The summed E-state index contributed by atoms with van der Waals surface area (Å²) in [5.41, 5.74) is 0.891. The minimum atomic E-state index is -0.381. The van der Waals surface area contributed by atoms with Crippen LogP contribution in [-0.4, -0.2) is 42.9 Å². The van der Waals surface area contributed by atoms with Crippen LogP contribution in [0.25, 0.3) is 0 Å². The van der Waals surface area contributed by atoms with Crippen LogP contribution >= 0.6 is 0 Å². The summed E-state index contributed by atoms with van der Waals surface area (Å²) >= 11 is 0. The fourth-order valence-corrected chi connectivity index (χ4v) is 2.55. The van der Waals surface area contributed by atoms with Crippen molar-refractivity contribution in [3.05, 3.63) is 24.0 Å². The van der Waals surface area contributed by atoms with Crippen LogP contribution in [0.4, 0.5) is 15.8 Å². The Morgan fingerprint density at radius 3 is 2.74 bits per heavy atom. The highest BCUT2D eigenvalue weighted by atomic mass is 19.1. The summed E-state index contributed by atoms with van der Waals surface area (Å²) in [5.74, 6) is -0.677. The normalized spacial score (nSPS) is 15.0. The van der Waals surface area contributed by atoms with E-state index in [1.54, 1.807) is 17.0 Å². The maximum absolute atomic E-state index is 14.2. The zero-order valence-corrected chi connectivity index (χ0v) is 13.9. The first-order valence-corrected chi connectivity index (χ1v) is 7.98. The van der Waals surface area contributed by atoms with Gasteiger partial charge in [-0.1, -0.05) is 0 Å². The minimum absolute atomic E-state index is 0.00601. The summed E-state index contributed by atoms with van der Waals surface area (Å²) in [7, 11) is 1.82. The molecule has 23 heavy (non-hydrogen) atoms. The van der Waals surface area contributed by atoms with E-state index in [-0.39, 0.29) is 30.2 Å². The first-order valence-electron chi connectivity index (χ1n) is 7.98. The molecule has 0 aromatic heterocycles. The fraction of sp³-hybridized carbons (Fsp3) is 0.529. The van der Waals surface area contributed by atoms with Crippen LogP contribution in [0.5, 0.6) is 0 Å². The Bertz CT molecular complexity index is 589. The summed E-state index contributed by atoms with van der Waals surface area (Å²) in [4.78, 5) is 27.1. The molecule has 2 amide bonds. The van der Waals surface area contributed by atoms with Crippen molar-refractivity contribution < 1.29 is 14.0 Å². The topological polar surface area (TPSA) is 52.7 Å². The van der Waals surface area contributed by atoms with Crippen LogP contribution < -0.4 is 10.2 Å². The molecule has 0 atom stereocenters. The van der Waals surface area contributed by atoms with E-state index >= 15 is 0 Å². The number of carbonyl (C=O) groups is 2. The number of nitrogens with zero attached hydrogens (tertiary/aromatic N) is 2. The predicted octanol–water partition coefficient (Wildman–Crippen LogP) is 2.62. The molecule has 1 heterocycles. The molecular formula is C17H24FN3O2. The fourth-order valence-electron chi connectivity index (χ4n) is 2.55. The third-order valence-electron chi connectivity index (χ3n) is 4.14. The van der Waals surface area contributed by atoms with Crippen molar-refractivity contribution in [1.82, 2.24) is 4.90 Å². The summed E-state index contributed by atoms with van der Waals surface area (Å²) in [5, 5.41) is 2.65. The Balaban J connectivity index is 1.98. The van der Waals surface area contributed by atoms with Gasteiger partial charge in [0, 0.05) is 31.7 Å². The first-order chi connectivity index (χ1) is 10.9. The summed E-state index contributed by atoms with van der Waals surface area (Å²) < 4.78 is 14.2. The smallest absolute Gasteiger partial charge is 0.243 e. The third-order valence-corrected chi connectivity index (χ3v) is 4.14. The number of carbonyl (C=O) groups excluding carboxylic acids is 2. The van der Waals surface area contributed by atoms with Crippen LogP contribution in [0, 0.1) is 5.82 Å². The Morgan fingerprint density at radius 2 is 2.13 bits per heavy atom. The maximum Gasteiger partial charge on any atom is 0.243 e. The molecule has 0 aliphatic carbocycles. The first kappa shape index (κ1) is 17.2. The van der Waals surface area contributed by atoms with Crippen molar-refractivity contribution in [2.45, 2.75) is 39.2 Å². The lowest BCUT2D eigenvalue weighted by Gasteiger charge is -2.26. The van der Waals surface area contributed by atoms with Crippen LogP contribution in [0.1, 0.15) is 33.1 Å². The number of likely N-dealkylation sites (tertiary alicyclic amines) is 1. The molecule has 126 valence electrons. The average Bonchev–Trinajstić information content (AvgIpc) is 2.49. The molecule has 6 heteroatoms. The summed E-state index contributed by atoms with van der Waals surface area (Å²) in [6.07, 6.45) is 2.30. The van der Waals surface area contributed by atoms with Crippen molar-refractivity contribution in [3.63, 3.8) is 0 Å². The van der Waals surface area contributed by atoms with E-state index in [0.717, 1.165) is 12.8 Å². The molecule has 1 aromatic carbocycles. The largest absolute Gasteiger partial charge is 0.370 e. The van der Waals surface area contributed by atoms with Gasteiger partial charge in [-0.25, -0.2) is 4.39 Å². The van der Waals surface area contributed by atoms with Gasteiger partial charge in [-0.2, -0.15) is 0 Å². The number of piperidine rings is 1. The van der Waals surface area contributed by atoms with Gasteiger partial charge in [0.25, 0.3) is 0 Å². The molecular weight excluding hydrogens is 297 g/mol. The standard InChI is InChI=1S/C17H24FN3O2/c1-12(2)20(3)15-8-7-13(10-14(15)18)19-16(22)11-21-9-5-4-6-17(21)23/h7-8,10,12H,4-6,9,11H2,1-3H3,(H,19,22). The van der Waals surface area contributed by atoms with Gasteiger partial charge < -0.3 is 15.1 Å². The third kappa shape index (κ3) is 4.43. The maximum atomic E-state index is 14.2. The number of nitrogens with one attached hydrogen (secondary N) is 1. The van der Waals surface area contributed by atoms with Crippen molar-refractivity contribution in [2.24, 2.45) is 0 Å². The lowest BCUT2D eigenvalue weighted by Crippen LogP contribution is -2.40. The lowest BCUT2D eigenvalue weighted by molar-refractivity contribution is -0.136. The summed E-state index contributed by atoms with van der Waals surface area (Å²) in [6.45, 7) is 4.59. The van der Waals surface area contributed by atoms with Gasteiger partial charge in [0.15, 0.2) is 0 Å². The number of hydrogen-bond acceptors (Lipinski definition) is 3. The van der Waals surface area contributed by atoms with Gasteiger partial charge in [-0.3, -0.25) is 9.59 Å². The van der Waals surface area contributed by atoms with Gasteiger partial charge >= 0.3 is 0 Å². The van der Waals surface area contributed by atoms with E-state index in [1.165, 1.54) is 6.07 Å². The molecule has 0 spiro atoms. The highest BCUT2D eigenvalue weighted by Gasteiger charge is 2.20. The quantitative estimate of drug-likeness (QED) is 0.907. The van der Waals surface area contributed by atoms with E-state index < -0.39 is 0 Å². The van der Waals surface area contributed by atoms with Gasteiger partial charge in [-0.05, 0) is 44.9 Å². The molecule has 2 rings (SSSR count). The Kier molecular flexibility index (Phi) is 5.58. The van der Waals surface area contributed by atoms with Crippen molar-refractivity contribution >= 4 is 23.2 Å². The molecule has 0 unspecified atom stereocenters. The molecule has 1 fully saturated rings. The lowest BCUT2D eigenvalue weighted by atomic mass is 10.1.